The maximum atomic E-state index is 13.8. The van der Waals surface area contributed by atoms with Gasteiger partial charge in [0.2, 0.25) is 0 Å². The van der Waals surface area contributed by atoms with Crippen LogP contribution in [0.25, 0.3) is 33.6 Å². The summed E-state index contributed by atoms with van der Waals surface area (Å²) in [5.41, 5.74) is 4.55. The molecule has 4 aromatic rings. The topological polar surface area (TPSA) is 116 Å². The number of anilines is 1. The van der Waals surface area contributed by atoms with Crippen molar-refractivity contribution in [2.75, 3.05) is 45.3 Å². The Bertz CT molecular complexity index is 1550. The monoisotopic (exact) mass is 515 g/mol. The van der Waals surface area contributed by atoms with E-state index in [1.807, 2.05) is 23.1 Å². The Balaban J connectivity index is 1.52. The summed E-state index contributed by atoms with van der Waals surface area (Å²) in [4.78, 5) is 24.6. The number of hydrogen-bond acceptors (Lipinski definition) is 8. The van der Waals surface area contributed by atoms with Crippen LogP contribution in [0.15, 0.2) is 53.2 Å². The van der Waals surface area contributed by atoms with Crippen molar-refractivity contribution in [3.63, 3.8) is 0 Å². The fraction of sp³-hybridized carbons (Fsp3) is 0.286. The van der Waals surface area contributed by atoms with Crippen molar-refractivity contribution in [3.8, 4) is 34.3 Å². The number of carbonyl (C=O) groups excluding carboxylic acids is 1. The summed E-state index contributed by atoms with van der Waals surface area (Å²) in [5.74, 6) is 0.509. The molecule has 38 heavy (non-hydrogen) atoms. The lowest BCUT2D eigenvalue weighted by molar-refractivity contribution is 0.0761. The number of nitrogens with zero attached hydrogens (tertiary/aromatic N) is 5. The Kier molecular flexibility index (Phi) is 6.94. The van der Waals surface area contributed by atoms with Crippen molar-refractivity contribution in [1.29, 1.82) is 5.26 Å². The number of nitriles is 1. The number of amides is 1. The predicted molar refractivity (Wildman–Crippen MR) is 140 cm³/mol. The Morgan fingerprint density at radius 1 is 1.29 bits per heavy atom. The summed E-state index contributed by atoms with van der Waals surface area (Å²) >= 11 is 0. The number of aromatic nitrogens is 2. The second-order valence-corrected chi connectivity index (χ2v) is 9.08. The Morgan fingerprint density at radius 3 is 2.84 bits per heavy atom. The van der Waals surface area contributed by atoms with Crippen molar-refractivity contribution in [2.45, 2.75) is 12.6 Å². The molecular formula is C28H26FN5O4. The number of ether oxygens (including phenoxy) is 1. The third-order valence-electron chi connectivity index (χ3n) is 6.66. The van der Waals surface area contributed by atoms with Crippen LogP contribution < -0.4 is 9.64 Å². The summed E-state index contributed by atoms with van der Waals surface area (Å²) in [7, 11) is 3.08. The summed E-state index contributed by atoms with van der Waals surface area (Å²) in [6, 6.07) is 12.9. The van der Waals surface area contributed by atoms with Crippen molar-refractivity contribution < 1.29 is 23.4 Å². The lowest BCUT2D eigenvalue weighted by atomic mass is 10.0. The van der Waals surface area contributed by atoms with E-state index in [1.54, 1.807) is 25.4 Å². The first-order valence-corrected chi connectivity index (χ1v) is 12.2. The van der Waals surface area contributed by atoms with E-state index in [4.69, 9.17) is 14.3 Å². The van der Waals surface area contributed by atoms with E-state index in [2.05, 4.69) is 16.0 Å². The number of aliphatic hydroxyl groups is 1. The number of halogens is 1. The first kappa shape index (κ1) is 25.2. The number of carbonyl (C=O) groups is 1. The van der Waals surface area contributed by atoms with E-state index >= 15 is 0 Å². The number of methoxy groups -OCH3 is 1. The van der Waals surface area contributed by atoms with Crippen molar-refractivity contribution in [1.82, 2.24) is 14.9 Å². The van der Waals surface area contributed by atoms with Crippen molar-refractivity contribution >= 4 is 22.7 Å². The molecule has 1 aromatic carbocycles. The standard InChI is InChI=1S/C28H26FN5O4/c1-33(9-10-35)28(36)23-13-25(37-2)21(15-32-23)26-12-22-27(38-26)20(5-7-31-22)17-3-4-24(18(11-17)14-30)34-8-6-19(29)16-34/h3-5,7,11-13,15,19,35H,6,8-10,16H2,1-2H3/t19-/m1/s1. The second-order valence-electron chi connectivity index (χ2n) is 9.08. The quantitative estimate of drug-likeness (QED) is 0.392. The van der Waals surface area contributed by atoms with Gasteiger partial charge >= 0.3 is 0 Å². The average molecular weight is 516 g/mol. The largest absolute Gasteiger partial charge is 0.496 e. The van der Waals surface area contributed by atoms with Gasteiger partial charge in [-0.25, -0.2) is 4.39 Å². The normalized spacial score (nSPS) is 15.0. The van der Waals surface area contributed by atoms with E-state index in [9.17, 15) is 14.4 Å². The molecule has 1 aliphatic rings. The molecule has 194 valence electrons. The molecule has 1 N–H and O–H groups in total. The molecule has 0 radical (unpaired) electrons. The number of furan rings is 1. The second kappa shape index (κ2) is 10.5. The fourth-order valence-electron chi connectivity index (χ4n) is 4.66. The molecule has 1 aliphatic heterocycles. The van der Waals surface area contributed by atoms with E-state index in [1.165, 1.54) is 24.3 Å². The first-order chi connectivity index (χ1) is 18.4. The fourth-order valence-corrected chi connectivity index (χ4v) is 4.66. The van der Waals surface area contributed by atoms with Gasteiger partial charge in [0.25, 0.3) is 5.91 Å². The summed E-state index contributed by atoms with van der Waals surface area (Å²) < 4.78 is 25.5. The molecule has 1 saturated heterocycles. The van der Waals surface area contributed by atoms with Crippen LogP contribution in [0, 0.1) is 11.3 Å². The van der Waals surface area contributed by atoms with Gasteiger partial charge < -0.3 is 24.1 Å². The minimum absolute atomic E-state index is 0.152. The van der Waals surface area contributed by atoms with Gasteiger partial charge in [-0.2, -0.15) is 5.26 Å². The molecule has 5 rings (SSSR count). The highest BCUT2D eigenvalue weighted by Gasteiger charge is 2.25. The molecular weight excluding hydrogens is 489 g/mol. The minimum atomic E-state index is -0.886. The van der Waals surface area contributed by atoms with Gasteiger partial charge in [-0.15, -0.1) is 0 Å². The van der Waals surface area contributed by atoms with Crippen molar-refractivity contribution in [2.24, 2.45) is 0 Å². The number of pyridine rings is 2. The Labute approximate surface area is 218 Å². The van der Waals surface area contributed by atoms with Crippen LogP contribution in [0.1, 0.15) is 22.5 Å². The number of fused-ring (bicyclic) bond motifs is 1. The zero-order valence-electron chi connectivity index (χ0n) is 21.0. The van der Waals surface area contributed by atoms with Crippen LogP contribution in [0.3, 0.4) is 0 Å². The number of hydrogen-bond donors (Lipinski definition) is 1. The summed E-state index contributed by atoms with van der Waals surface area (Å²) in [5, 5.41) is 18.9. The molecule has 0 saturated carbocycles. The lowest BCUT2D eigenvalue weighted by Gasteiger charge is -2.19. The van der Waals surface area contributed by atoms with Gasteiger partial charge in [-0.05, 0) is 30.2 Å². The van der Waals surface area contributed by atoms with Gasteiger partial charge in [0.05, 0.1) is 30.5 Å². The lowest BCUT2D eigenvalue weighted by Crippen LogP contribution is -2.30. The van der Waals surface area contributed by atoms with E-state index in [0.717, 1.165) is 16.8 Å². The maximum Gasteiger partial charge on any atom is 0.272 e. The Hall–Kier alpha value is -4.49. The number of rotatable bonds is 7. The molecule has 1 atom stereocenters. The van der Waals surface area contributed by atoms with Crippen LogP contribution in [-0.2, 0) is 0 Å². The highest BCUT2D eigenvalue weighted by atomic mass is 19.1. The molecule has 0 unspecified atom stereocenters. The van der Waals surface area contributed by atoms with Crippen LogP contribution in [0.2, 0.25) is 0 Å². The molecule has 0 bridgehead atoms. The van der Waals surface area contributed by atoms with Crippen LogP contribution in [0.5, 0.6) is 5.75 Å². The van der Waals surface area contributed by atoms with Gasteiger partial charge in [0.1, 0.15) is 35.0 Å². The molecule has 4 heterocycles. The van der Waals surface area contributed by atoms with Gasteiger partial charge in [0, 0.05) is 56.8 Å². The van der Waals surface area contributed by atoms with E-state index in [-0.39, 0.29) is 31.3 Å². The highest BCUT2D eigenvalue weighted by molar-refractivity contribution is 5.95. The predicted octanol–water partition coefficient (Wildman–Crippen LogP) is 4.05. The zero-order chi connectivity index (χ0) is 26.8. The first-order valence-electron chi connectivity index (χ1n) is 12.2. The van der Waals surface area contributed by atoms with Gasteiger partial charge in [0.15, 0.2) is 5.58 Å². The molecule has 0 spiro atoms. The molecule has 1 fully saturated rings. The molecule has 3 aromatic heterocycles. The van der Waals surface area contributed by atoms with Gasteiger partial charge in [-0.3, -0.25) is 14.8 Å². The summed E-state index contributed by atoms with van der Waals surface area (Å²) in [6.07, 6.45) is 2.74. The zero-order valence-corrected chi connectivity index (χ0v) is 21.0. The van der Waals surface area contributed by atoms with Crippen molar-refractivity contribution in [3.05, 3.63) is 60.0 Å². The molecule has 0 aliphatic carbocycles. The SMILES string of the molecule is COc1cc(C(=O)N(C)CCO)ncc1-c1cc2nccc(-c3ccc(N4CC[C@@H](F)C4)c(C#N)c3)c2o1. The molecule has 9 nitrogen and oxygen atoms in total. The number of aliphatic hydroxyl groups excluding tert-OH is 1. The van der Waals surface area contributed by atoms with Gasteiger partial charge in [-0.1, -0.05) is 6.07 Å². The van der Waals surface area contributed by atoms with Crippen LogP contribution in [0.4, 0.5) is 10.1 Å². The molecule has 1 amide bonds. The number of benzene rings is 1. The third-order valence-corrected chi connectivity index (χ3v) is 6.66. The number of alkyl halides is 1. The molecule has 10 heteroatoms. The Morgan fingerprint density at radius 2 is 2.13 bits per heavy atom. The minimum Gasteiger partial charge on any atom is -0.496 e. The summed E-state index contributed by atoms with van der Waals surface area (Å²) in [6.45, 7) is 0.896. The van der Waals surface area contributed by atoms with Crippen LogP contribution in [-0.4, -0.2) is 72.5 Å². The number of likely N-dealkylation sites (N-methyl/N-ethyl adjacent to an activating group) is 1. The van der Waals surface area contributed by atoms with E-state index in [0.29, 0.717) is 46.7 Å². The smallest absolute Gasteiger partial charge is 0.272 e. The highest BCUT2D eigenvalue weighted by Crippen LogP contribution is 2.38. The van der Waals surface area contributed by atoms with E-state index < -0.39 is 6.17 Å². The van der Waals surface area contributed by atoms with Crippen LogP contribution >= 0.6 is 0 Å². The maximum absolute atomic E-state index is 13.8. The average Bonchev–Trinajstić information content (AvgIpc) is 3.58. The third kappa shape index (κ3) is 4.64.